The molecule has 2 rings (SSSR count). The molecule has 2 heterocycles. The van der Waals surface area contributed by atoms with Crippen LogP contribution in [0.2, 0.25) is 0 Å². The summed E-state index contributed by atoms with van der Waals surface area (Å²) < 4.78 is 11.6. The summed E-state index contributed by atoms with van der Waals surface area (Å²) in [5.41, 5.74) is 5.58. The molecule has 1 aromatic heterocycles. The van der Waals surface area contributed by atoms with E-state index in [-0.39, 0.29) is 11.3 Å². The molecule has 0 aliphatic carbocycles. The van der Waals surface area contributed by atoms with E-state index in [4.69, 9.17) is 20.1 Å². The van der Waals surface area contributed by atoms with E-state index in [0.29, 0.717) is 5.69 Å². The number of pyridine rings is 1. The summed E-state index contributed by atoms with van der Waals surface area (Å²) in [4.78, 5) is 14.9. The van der Waals surface area contributed by atoms with Gasteiger partial charge in [-0.15, -0.1) is 0 Å². The van der Waals surface area contributed by atoms with Crippen LogP contribution in [0.25, 0.3) is 6.08 Å². The van der Waals surface area contributed by atoms with Crippen LogP contribution in [0.5, 0.6) is 0 Å². The van der Waals surface area contributed by atoms with Crippen molar-refractivity contribution < 1.29 is 19.2 Å². The van der Waals surface area contributed by atoms with Crippen molar-refractivity contribution in [2.24, 2.45) is 0 Å². The van der Waals surface area contributed by atoms with E-state index < -0.39 is 24.3 Å². The highest BCUT2D eigenvalue weighted by molar-refractivity contribution is 6.52. The number of carbonyl (C=O) groups is 1. The molecule has 0 bridgehead atoms. The number of aromatic nitrogens is 1. The lowest BCUT2D eigenvalue weighted by atomic mass is 9.89. The molecule has 1 saturated heterocycles. The lowest BCUT2D eigenvalue weighted by Crippen LogP contribution is -2.41. The molecule has 0 spiro atoms. The lowest BCUT2D eigenvalue weighted by molar-refractivity contribution is 0.00578. The van der Waals surface area contributed by atoms with Crippen molar-refractivity contribution in [2.45, 2.75) is 38.9 Å². The summed E-state index contributed by atoms with van der Waals surface area (Å²) in [6.07, 6.45) is 2.94. The van der Waals surface area contributed by atoms with Crippen molar-refractivity contribution in [3.05, 3.63) is 29.5 Å². The molecule has 1 aromatic rings. The number of nitrogen functional groups attached to an aromatic ring is 1. The first-order valence-electron chi connectivity index (χ1n) is 6.65. The van der Waals surface area contributed by atoms with E-state index in [9.17, 15) is 4.79 Å². The minimum Gasteiger partial charge on any atom is -0.478 e. The molecule has 0 atom stereocenters. The first-order valence-corrected chi connectivity index (χ1v) is 6.65. The monoisotopic (exact) mass is 290 g/mol. The molecule has 0 aromatic carbocycles. The number of rotatable bonds is 3. The Hall–Kier alpha value is -1.86. The lowest BCUT2D eigenvalue weighted by Gasteiger charge is -2.32. The van der Waals surface area contributed by atoms with Crippen molar-refractivity contribution in [3.8, 4) is 0 Å². The van der Waals surface area contributed by atoms with Gasteiger partial charge in [-0.3, -0.25) is 4.98 Å². The Morgan fingerprint density at radius 1 is 1.33 bits per heavy atom. The van der Waals surface area contributed by atoms with Crippen molar-refractivity contribution in [2.75, 3.05) is 5.73 Å². The maximum absolute atomic E-state index is 10.9. The van der Waals surface area contributed by atoms with Crippen LogP contribution in [0.1, 0.15) is 43.7 Å². The molecule has 1 aliphatic rings. The van der Waals surface area contributed by atoms with Crippen LogP contribution in [0.4, 0.5) is 5.69 Å². The Morgan fingerprint density at radius 3 is 2.38 bits per heavy atom. The molecule has 7 heteroatoms. The molecule has 0 radical (unpaired) electrons. The average molecular weight is 290 g/mol. The minimum absolute atomic E-state index is 0.0113. The number of anilines is 1. The number of carboxylic acids is 1. The topological polar surface area (TPSA) is 94.7 Å². The number of nitrogens with zero attached hydrogens (tertiary/aromatic N) is 1. The van der Waals surface area contributed by atoms with Gasteiger partial charge in [0.2, 0.25) is 0 Å². The fourth-order valence-corrected chi connectivity index (χ4v) is 1.90. The fraction of sp³-hybridized carbons (Fsp3) is 0.429. The molecule has 1 fully saturated rings. The summed E-state index contributed by atoms with van der Waals surface area (Å²) in [5.74, 6) is 0.639. The van der Waals surface area contributed by atoms with Crippen LogP contribution in [-0.2, 0) is 9.31 Å². The Kier molecular flexibility index (Phi) is 3.82. The molecular weight excluding hydrogens is 271 g/mol. The van der Waals surface area contributed by atoms with Gasteiger partial charge in [-0.25, -0.2) is 4.79 Å². The molecule has 21 heavy (non-hydrogen) atoms. The van der Waals surface area contributed by atoms with Crippen LogP contribution in [-0.4, -0.2) is 34.4 Å². The van der Waals surface area contributed by atoms with E-state index in [0.717, 1.165) is 0 Å². The fourth-order valence-electron chi connectivity index (χ4n) is 1.90. The zero-order chi connectivity index (χ0) is 15.8. The molecule has 3 N–H and O–H groups in total. The third kappa shape index (κ3) is 3.09. The van der Waals surface area contributed by atoms with Gasteiger partial charge < -0.3 is 20.1 Å². The molecule has 0 amide bonds. The van der Waals surface area contributed by atoms with Gasteiger partial charge in [-0.2, -0.15) is 0 Å². The number of carboxylic acid groups (broad SMARTS) is 1. The normalized spacial score (nSPS) is 20.1. The zero-order valence-corrected chi connectivity index (χ0v) is 12.6. The quantitative estimate of drug-likeness (QED) is 0.827. The summed E-state index contributed by atoms with van der Waals surface area (Å²) in [5, 5.41) is 8.90. The van der Waals surface area contributed by atoms with E-state index in [2.05, 4.69) is 4.98 Å². The largest absolute Gasteiger partial charge is 0.487 e. The highest BCUT2D eigenvalue weighted by Crippen LogP contribution is 2.37. The first-order chi connectivity index (χ1) is 9.62. The van der Waals surface area contributed by atoms with Crippen molar-refractivity contribution >= 4 is 24.9 Å². The number of nitrogens with two attached hydrogens (primary N) is 1. The summed E-state index contributed by atoms with van der Waals surface area (Å²) in [6, 6.07) is 1.51. The standard InChI is InChI=1S/C14H19BN2O4/c1-13(2)14(3,4)21-15(20-13)6-5-9-7-11(16)10(8-17-9)12(18)19/h5-8H,1-4H3,(H2,16,17)(H,18,19)/b6-5+. The molecular formula is C14H19BN2O4. The van der Waals surface area contributed by atoms with Gasteiger partial charge in [-0.1, -0.05) is 5.98 Å². The Bertz CT molecular complexity index is 583. The Labute approximate surface area is 124 Å². The highest BCUT2D eigenvalue weighted by Gasteiger charge is 2.49. The Balaban J connectivity index is 2.13. The van der Waals surface area contributed by atoms with Gasteiger partial charge in [0.1, 0.15) is 5.56 Å². The summed E-state index contributed by atoms with van der Waals surface area (Å²) in [6.45, 7) is 7.88. The number of hydrogen-bond donors (Lipinski definition) is 2. The van der Waals surface area contributed by atoms with Crippen LogP contribution < -0.4 is 5.73 Å². The molecule has 1 aliphatic heterocycles. The summed E-state index contributed by atoms with van der Waals surface area (Å²) >= 11 is 0. The second kappa shape index (κ2) is 5.16. The maximum Gasteiger partial charge on any atom is 0.487 e. The Morgan fingerprint density at radius 2 is 1.90 bits per heavy atom. The molecule has 0 saturated carbocycles. The predicted octanol–water partition coefficient (Wildman–Crippen LogP) is 2.01. The second-order valence-corrected chi connectivity index (χ2v) is 5.99. The smallest absolute Gasteiger partial charge is 0.478 e. The van der Waals surface area contributed by atoms with Gasteiger partial charge in [0.25, 0.3) is 0 Å². The SMILES string of the molecule is CC1(C)OB(/C=C/c2cc(N)c(C(=O)O)cn2)OC1(C)C. The minimum atomic E-state index is -1.10. The van der Waals surface area contributed by atoms with Crippen LogP contribution in [0, 0.1) is 0 Å². The van der Waals surface area contributed by atoms with Crippen molar-refractivity contribution in [1.29, 1.82) is 0 Å². The third-order valence-electron chi connectivity index (χ3n) is 3.88. The van der Waals surface area contributed by atoms with E-state index in [1.54, 1.807) is 12.1 Å². The third-order valence-corrected chi connectivity index (χ3v) is 3.88. The van der Waals surface area contributed by atoms with Gasteiger partial charge in [0.15, 0.2) is 0 Å². The highest BCUT2D eigenvalue weighted by atomic mass is 16.7. The first kappa shape index (κ1) is 15.5. The maximum atomic E-state index is 10.9. The van der Waals surface area contributed by atoms with Gasteiger partial charge in [0.05, 0.1) is 16.9 Å². The van der Waals surface area contributed by atoms with E-state index in [1.807, 2.05) is 27.7 Å². The van der Waals surface area contributed by atoms with Crippen molar-refractivity contribution in [1.82, 2.24) is 4.98 Å². The van der Waals surface area contributed by atoms with Crippen molar-refractivity contribution in [3.63, 3.8) is 0 Å². The van der Waals surface area contributed by atoms with Gasteiger partial charge >= 0.3 is 13.1 Å². The number of aromatic carboxylic acids is 1. The van der Waals surface area contributed by atoms with E-state index in [1.165, 1.54) is 12.3 Å². The van der Waals surface area contributed by atoms with E-state index >= 15 is 0 Å². The second-order valence-electron chi connectivity index (χ2n) is 5.99. The zero-order valence-electron chi connectivity index (χ0n) is 12.6. The van der Waals surface area contributed by atoms with Gasteiger partial charge in [0, 0.05) is 11.9 Å². The predicted molar refractivity (Wildman–Crippen MR) is 80.7 cm³/mol. The van der Waals surface area contributed by atoms with Gasteiger partial charge in [-0.05, 0) is 39.8 Å². The molecule has 0 unspecified atom stereocenters. The molecule has 6 nitrogen and oxygen atoms in total. The summed E-state index contributed by atoms with van der Waals surface area (Å²) in [7, 11) is -0.475. The van der Waals surface area contributed by atoms with Crippen LogP contribution >= 0.6 is 0 Å². The average Bonchev–Trinajstić information content (AvgIpc) is 2.55. The number of hydrogen-bond acceptors (Lipinski definition) is 5. The molecule has 112 valence electrons. The van der Waals surface area contributed by atoms with Crippen LogP contribution in [0.3, 0.4) is 0 Å². The van der Waals surface area contributed by atoms with Crippen LogP contribution in [0.15, 0.2) is 18.2 Å².